The Morgan fingerprint density at radius 3 is 2.16 bits per heavy atom. The van der Waals surface area contributed by atoms with Crippen LogP contribution in [0.5, 0.6) is 0 Å². The molecule has 0 spiro atoms. The Balaban J connectivity index is 2.52. The lowest BCUT2D eigenvalue weighted by Crippen LogP contribution is -2.33. The van der Waals surface area contributed by atoms with Gasteiger partial charge in [0, 0.05) is 32.3 Å². The molecule has 7 nitrogen and oxygen atoms in total. The highest BCUT2D eigenvalue weighted by Gasteiger charge is 2.44. The molecule has 0 amide bonds. The van der Waals surface area contributed by atoms with Crippen molar-refractivity contribution in [1.29, 1.82) is 0 Å². The molecule has 1 N–H and O–H groups in total. The molecule has 0 aromatic carbocycles. The molecule has 2 rings (SSSR count). The number of aliphatic hydroxyl groups excluding tert-OH is 1. The molecule has 0 bridgehead atoms. The first-order valence-corrected chi connectivity index (χ1v) is 10.4. The fourth-order valence-corrected chi connectivity index (χ4v) is 4.14. The molecule has 31 heavy (non-hydrogen) atoms. The zero-order valence-corrected chi connectivity index (χ0v) is 18.8. The molecule has 0 aromatic rings. The number of hydrogen-bond donors (Lipinski definition) is 1. The van der Waals surface area contributed by atoms with Gasteiger partial charge in [0.15, 0.2) is 0 Å². The van der Waals surface area contributed by atoms with Crippen LogP contribution in [0.4, 0.5) is 0 Å². The first kappa shape index (κ1) is 24.6. The van der Waals surface area contributed by atoms with Gasteiger partial charge in [0.05, 0.1) is 12.0 Å². The average molecular weight is 433 g/mol. The second kappa shape index (κ2) is 10.6. The second-order valence-electron chi connectivity index (χ2n) is 8.44. The molecule has 1 aliphatic carbocycles. The van der Waals surface area contributed by atoms with Gasteiger partial charge in [-0.05, 0) is 39.3 Å². The number of ether oxygens (including phenoxy) is 3. The standard InChI is InChI=1S/C24H32O7/c1-13-7-19(27)8-14(2)11-22-23(16(4)24(28)31-22)21(30-18(6)26)12-15(3)10-20(9-13)29-17(5)25/h7,10-11,19-23,27H,4,8-9,12H2,1-3,5-6H3/b13-7+,14-11+,15-10+/t19-,20+,21?,22+,23+/m1/s1. The van der Waals surface area contributed by atoms with Crippen LogP contribution in [0.15, 0.2) is 47.1 Å². The van der Waals surface area contributed by atoms with E-state index < -0.39 is 48.2 Å². The monoisotopic (exact) mass is 432 g/mol. The van der Waals surface area contributed by atoms with E-state index in [1.165, 1.54) is 13.8 Å². The molecule has 5 atom stereocenters. The molecule has 1 saturated heterocycles. The van der Waals surface area contributed by atoms with E-state index in [2.05, 4.69) is 6.58 Å². The normalized spacial score (nSPS) is 35.2. The van der Waals surface area contributed by atoms with Gasteiger partial charge in [-0.25, -0.2) is 4.79 Å². The Morgan fingerprint density at radius 1 is 0.968 bits per heavy atom. The SMILES string of the molecule is C=C1C(=O)O[C@H]2/C=C(\C)C[C@H](O)/C=C(\C)C[C@H](OC(C)=O)/C=C(\C)CC(OC(C)=O)[C@H]12. The highest BCUT2D eigenvalue weighted by molar-refractivity contribution is 5.91. The number of fused-ring (bicyclic) bond motifs is 1. The summed E-state index contributed by atoms with van der Waals surface area (Å²) in [6.07, 6.45) is 3.83. The summed E-state index contributed by atoms with van der Waals surface area (Å²) in [5.41, 5.74) is 2.78. The summed E-state index contributed by atoms with van der Waals surface area (Å²) >= 11 is 0. The largest absolute Gasteiger partial charge is 0.461 e. The molecule has 1 fully saturated rings. The third-order valence-electron chi connectivity index (χ3n) is 5.27. The van der Waals surface area contributed by atoms with E-state index in [1.807, 2.05) is 26.8 Å². The van der Waals surface area contributed by atoms with Gasteiger partial charge in [0.25, 0.3) is 0 Å². The average Bonchev–Trinajstić information content (AvgIpc) is 2.85. The van der Waals surface area contributed by atoms with Crippen LogP contribution in [-0.2, 0) is 28.6 Å². The lowest BCUT2D eigenvalue weighted by atomic mass is 9.86. The first-order chi connectivity index (χ1) is 14.5. The third-order valence-corrected chi connectivity index (χ3v) is 5.27. The summed E-state index contributed by atoms with van der Waals surface area (Å²) in [6.45, 7) is 12.1. The summed E-state index contributed by atoms with van der Waals surface area (Å²) in [5.74, 6) is -1.98. The molecule has 0 aromatic heterocycles. The van der Waals surface area contributed by atoms with Gasteiger partial charge in [-0.3, -0.25) is 9.59 Å². The quantitative estimate of drug-likeness (QED) is 0.309. The number of esters is 3. The van der Waals surface area contributed by atoms with Crippen LogP contribution in [0.1, 0.15) is 53.9 Å². The van der Waals surface area contributed by atoms with Crippen molar-refractivity contribution in [2.45, 2.75) is 78.3 Å². The van der Waals surface area contributed by atoms with Crippen LogP contribution in [0.2, 0.25) is 0 Å². The summed E-state index contributed by atoms with van der Waals surface area (Å²) in [5, 5.41) is 10.5. The van der Waals surface area contributed by atoms with Crippen LogP contribution < -0.4 is 0 Å². The fourth-order valence-electron chi connectivity index (χ4n) is 4.14. The van der Waals surface area contributed by atoms with E-state index in [0.717, 1.165) is 16.7 Å². The molecule has 170 valence electrons. The Bertz CT molecular complexity index is 833. The Labute approximate surface area is 183 Å². The Morgan fingerprint density at radius 2 is 1.55 bits per heavy atom. The van der Waals surface area contributed by atoms with Crippen molar-refractivity contribution < 1.29 is 33.7 Å². The first-order valence-electron chi connectivity index (χ1n) is 10.4. The fraction of sp³-hybridized carbons (Fsp3) is 0.542. The number of carbonyl (C=O) groups excluding carboxylic acids is 3. The maximum atomic E-state index is 12.3. The highest BCUT2D eigenvalue weighted by Crippen LogP contribution is 2.36. The highest BCUT2D eigenvalue weighted by atomic mass is 16.6. The zero-order valence-electron chi connectivity index (χ0n) is 18.8. The maximum Gasteiger partial charge on any atom is 0.334 e. The molecule has 2 aliphatic rings. The molecule has 0 radical (unpaired) electrons. The lowest BCUT2D eigenvalue weighted by molar-refractivity contribution is -0.149. The van der Waals surface area contributed by atoms with Crippen LogP contribution in [-0.4, -0.2) is 47.4 Å². The Hall–Kier alpha value is -2.67. The summed E-state index contributed by atoms with van der Waals surface area (Å²) < 4.78 is 16.5. The number of carbonyl (C=O) groups is 3. The van der Waals surface area contributed by atoms with Crippen molar-refractivity contribution in [3.05, 3.63) is 47.1 Å². The van der Waals surface area contributed by atoms with E-state index >= 15 is 0 Å². The van der Waals surface area contributed by atoms with Crippen LogP contribution in [0.25, 0.3) is 0 Å². The van der Waals surface area contributed by atoms with Crippen molar-refractivity contribution in [3.8, 4) is 0 Å². The van der Waals surface area contributed by atoms with Crippen molar-refractivity contribution in [3.63, 3.8) is 0 Å². The van der Waals surface area contributed by atoms with Crippen LogP contribution in [0.3, 0.4) is 0 Å². The van der Waals surface area contributed by atoms with Gasteiger partial charge < -0.3 is 19.3 Å². The molecule has 1 unspecified atom stereocenters. The second-order valence-corrected chi connectivity index (χ2v) is 8.44. The number of hydrogen-bond acceptors (Lipinski definition) is 7. The van der Waals surface area contributed by atoms with E-state index in [-0.39, 0.29) is 5.57 Å². The van der Waals surface area contributed by atoms with Gasteiger partial charge in [0.1, 0.15) is 18.3 Å². The molecule has 1 aliphatic heterocycles. The molecule has 7 heteroatoms. The smallest absolute Gasteiger partial charge is 0.334 e. The number of aliphatic hydroxyl groups is 1. The van der Waals surface area contributed by atoms with E-state index in [4.69, 9.17) is 14.2 Å². The van der Waals surface area contributed by atoms with Crippen molar-refractivity contribution in [1.82, 2.24) is 0 Å². The Kier molecular flexibility index (Phi) is 8.39. The maximum absolute atomic E-state index is 12.3. The topological polar surface area (TPSA) is 99.1 Å². The van der Waals surface area contributed by atoms with Crippen LogP contribution >= 0.6 is 0 Å². The predicted molar refractivity (Wildman–Crippen MR) is 115 cm³/mol. The van der Waals surface area contributed by atoms with Gasteiger partial charge in [0.2, 0.25) is 0 Å². The number of rotatable bonds is 2. The lowest BCUT2D eigenvalue weighted by Gasteiger charge is -2.27. The van der Waals surface area contributed by atoms with Gasteiger partial charge >= 0.3 is 17.9 Å². The van der Waals surface area contributed by atoms with Crippen molar-refractivity contribution >= 4 is 17.9 Å². The molecule has 1 heterocycles. The predicted octanol–water partition coefficient (Wildman–Crippen LogP) is 3.33. The summed E-state index contributed by atoms with van der Waals surface area (Å²) in [6, 6.07) is 0. The van der Waals surface area contributed by atoms with E-state index in [1.54, 1.807) is 12.2 Å². The molecular formula is C24H32O7. The minimum Gasteiger partial charge on any atom is -0.461 e. The third kappa shape index (κ3) is 7.21. The molecular weight excluding hydrogens is 400 g/mol. The van der Waals surface area contributed by atoms with Crippen molar-refractivity contribution in [2.75, 3.05) is 0 Å². The van der Waals surface area contributed by atoms with Gasteiger partial charge in [-0.1, -0.05) is 29.4 Å². The van der Waals surface area contributed by atoms with Crippen molar-refractivity contribution in [2.24, 2.45) is 5.92 Å². The van der Waals surface area contributed by atoms with E-state index in [0.29, 0.717) is 19.3 Å². The minimum absolute atomic E-state index is 0.244. The minimum atomic E-state index is -0.745. The zero-order chi connectivity index (χ0) is 23.3. The summed E-state index contributed by atoms with van der Waals surface area (Å²) in [7, 11) is 0. The van der Waals surface area contributed by atoms with Crippen LogP contribution in [0, 0.1) is 5.92 Å². The summed E-state index contributed by atoms with van der Waals surface area (Å²) in [4.78, 5) is 35.7. The van der Waals surface area contributed by atoms with Gasteiger partial charge in [-0.15, -0.1) is 0 Å². The molecule has 0 saturated carbocycles. The van der Waals surface area contributed by atoms with E-state index in [9.17, 15) is 19.5 Å². The van der Waals surface area contributed by atoms with Gasteiger partial charge in [-0.2, -0.15) is 0 Å².